The summed E-state index contributed by atoms with van der Waals surface area (Å²) in [4.78, 5) is 18.6. The van der Waals surface area contributed by atoms with Crippen molar-refractivity contribution < 1.29 is 17.9 Å². The van der Waals surface area contributed by atoms with E-state index in [-0.39, 0.29) is 18.7 Å². The summed E-state index contributed by atoms with van der Waals surface area (Å²) in [6, 6.07) is 9.18. The third-order valence-electron chi connectivity index (χ3n) is 4.40. The summed E-state index contributed by atoms with van der Waals surface area (Å²) in [5.74, 6) is 0. The van der Waals surface area contributed by atoms with E-state index in [1.807, 2.05) is 35.7 Å². The second-order valence-corrected chi connectivity index (χ2v) is 9.10. The van der Waals surface area contributed by atoms with Crippen LogP contribution in [0.25, 0.3) is 10.6 Å². The van der Waals surface area contributed by atoms with Gasteiger partial charge in [0.15, 0.2) is 0 Å². The van der Waals surface area contributed by atoms with E-state index >= 15 is 0 Å². The van der Waals surface area contributed by atoms with Gasteiger partial charge in [0.2, 0.25) is 10.0 Å². The molecule has 0 unspecified atom stereocenters. The molecule has 1 saturated heterocycles. The van der Waals surface area contributed by atoms with E-state index in [0.29, 0.717) is 19.4 Å². The zero-order chi connectivity index (χ0) is 19.4. The van der Waals surface area contributed by atoms with Gasteiger partial charge >= 0.3 is 6.09 Å². The molecule has 1 aromatic carbocycles. The molecular weight excluding hydrogens is 386 g/mol. The van der Waals surface area contributed by atoms with Gasteiger partial charge in [-0.3, -0.25) is 0 Å². The highest BCUT2D eigenvalue weighted by Gasteiger charge is 2.39. The highest BCUT2D eigenvalue weighted by Crippen LogP contribution is 2.27. The number of nitrogens with zero attached hydrogens (tertiary/aromatic N) is 2. The number of likely N-dealkylation sites (tertiary alicyclic amines) is 1. The molecule has 1 aliphatic heterocycles. The Morgan fingerprint density at radius 3 is 2.78 bits per heavy atom. The molecule has 1 N–H and O–H groups in total. The molecule has 2 atom stereocenters. The number of amides is 1. The van der Waals surface area contributed by atoms with Gasteiger partial charge in [0, 0.05) is 30.0 Å². The lowest BCUT2D eigenvalue weighted by molar-refractivity contribution is 0.101. The van der Waals surface area contributed by atoms with Gasteiger partial charge in [-0.2, -0.15) is 0 Å². The molecule has 1 aromatic heterocycles. The summed E-state index contributed by atoms with van der Waals surface area (Å²) < 4.78 is 31.2. The van der Waals surface area contributed by atoms with Crippen molar-refractivity contribution in [3.8, 4) is 10.6 Å². The molecule has 146 valence electrons. The summed E-state index contributed by atoms with van der Waals surface area (Å²) in [6.45, 7) is 2.48. The first-order chi connectivity index (χ1) is 12.9. The standard InChI is InChI=1S/C18H23N3O4S2/c1-3-25-18(22)21-10-9-15(20-27(2,23)24)16(21)11-14-12-26-17(19-14)13-7-5-4-6-8-13/h4-8,12,15-16,20H,3,9-11H2,1-2H3/t15-,16-/m0/s1. The summed E-state index contributed by atoms with van der Waals surface area (Å²) >= 11 is 1.54. The molecule has 3 rings (SSSR count). The smallest absolute Gasteiger partial charge is 0.410 e. The number of benzene rings is 1. The molecule has 0 bridgehead atoms. The fourth-order valence-electron chi connectivity index (χ4n) is 3.28. The summed E-state index contributed by atoms with van der Waals surface area (Å²) in [5.41, 5.74) is 1.87. The van der Waals surface area contributed by atoms with Crippen molar-refractivity contribution in [2.75, 3.05) is 19.4 Å². The lowest BCUT2D eigenvalue weighted by Gasteiger charge is -2.27. The van der Waals surface area contributed by atoms with Crippen LogP contribution in [0.3, 0.4) is 0 Å². The zero-order valence-corrected chi connectivity index (χ0v) is 16.9. The Morgan fingerprint density at radius 2 is 2.11 bits per heavy atom. The van der Waals surface area contributed by atoms with Gasteiger partial charge in [-0.05, 0) is 13.3 Å². The molecule has 9 heteroatoms. The van der Waals surface area contributed by atoms with Crippen molar-refractivity contribution in [3.05, 3.63) is 41.4 Å². The minimum absolute atomic E-state index is 0.279. The first-order valence-electron chi connectivity index (χ1n) is 8.78. The average molecular weight is 410 g/mol. The number of hydrogen-bond donors (Lipinski definition) is 1. The number of nitrogens with one attached hydrogen (secondary N) is 1. The number of aromatic nitrogens is 1. The first-order valence-corrected chi connectivity index (χ1v) is 11.5. The van der Waals surface area contributed by atoms with Gasteiger partial charge in [0.1, 0.15) is 5.01 Å². The fraction of sp³-hybridized carbons (Fsp3) is 0.444. The van der Waals surface area contributed by atoms with Crippen LogP contribution in [0, 0.1) is 0 Å². The molecule has 7 nitrogen and oxygen atoms in total. The number of hydrogen-bond acceptors (Lipinski definition) is 6. The Bertz CT molecular complexity index is 883. The Labute approximate surface area is 163 Å². The van der Waals surface area contributed by atoms with E-state index in [2.05, 4.69) is 9.71 Å². The van der Waals surface area contributed by atoms with Crippen molar-refractivity contribution >= 4 is 27.5 Å². The Hall–Kier alpha value is -1.97. The lowest BCUT2D eigenvalue weighted by Crippen LogP contribution is -2.47. The Morgan fingerprint density at radius 1 is 1.37 bits per heavy atom. The van der Waals surface area contributed by atoms with E-state index in [1.165, 1.54) is 11.3 Å². The van der Waals surface area contributed by atoms with E-state index in [4.69, 9.17) is 4.74 Å². The number of ether oxygens (including phenoxy) is 1. The summed E-state index contributed by atoms with van der Waals surface area (Å²) in [6.07, 6.45) is 1.73. The summed E-state index contributed by atoms with van der Waals surface area (Å²) in [5, 5.41) is 2.86. The molecule has 27 heavy (non-hydrogen) atoms. The van der Waals surface area contributed by atoms with Crippen LogP contribution < -0.4 is 4.72 Å². The van der Waals surface area contributed by atoms with Gasteiger partial charge in [-0.25, -0.2) is 22.9 Å². The van der Waals surface area contributed by atoms with Gasteiger partial charge in [0.05, 0.1) is 24.6 Å². The van der Waals surface area contributed by atoms with Crippen molar-refractivity contribution in [1.29, 1.82) is 0 Å². The van der Waals surface area contributed by atoms with E-state index < -0.39 is 16.1 Å². The molecule has 1 aliphatic rings. The maximum absolute atomic E-state index is 12.3. The number of thiazole rings is 1. The van der Waals surface area contributed by atoms with Gasteiger partial charge in [0.25, 0.3) is 0 Å². The van der Waals surface area contributed by atoms with Crippen LogP contribution in [-0.2, 0) is 21.2 Å². The second-order valence-electron chi connectivity index (χ2n) is 6.46. The summed E-state index contributed by atoms with van der Waals surface area (Å²) in [7, 11) is -3.38. The van der Waals surface area contributed by atoms with Crippen LogP contribution >= 0.6 is 11.3 Å². The zero-order valence-electron chi connectivity index (χ0n) is 15.3. The van der Waals surface area contributed by atoms with Gasteiger partial charge in [-0.15, -0.1) is 11.3 Å². The van der Waals surface area contributed by atoms with Crippen LogP contribution in [0.4, 0.5) is 4.79 Å². The van der Waals surface area contributed by atoms with Crippen molar-refractivity contribution in [2.45, 2.75) is 31.8 Å². The average Bonchev–Trinajstić information content (AvgIpc) is 3.23. The van der Waals surface area contributed by atoms with Crippen molar-refractivity contribution in [1.82, 2.24) is 14.6 Å². The maximum atomic E-state index is 12.3. The Balaban J connectivity index is 1.81. The minimum Gasteiger partial charge on any atom is -0.450 e. The molecule has 0 saturated carbocycles. The molecule has 1 fully saturated rings. The van der Waals surface area contributed by atoms with E-state index in [9.17, 15) is 13.2 Å². The highest BCUT2D eigenvalue weighted by molar-refractivity contribution is 7.88. The molecule has 0 aliphatic carbocycles. The third-order valence-corrected chi connectivity index (χ3v) is 6.08. The SMILES string of the molecule is CCOC(=O)N1CC[C@H](NS(C)(=O)=O)[C@@H]1Cc1csc(-c2ccccc2)n1. The van der Waals surface area contributed by atoms with Crippen LogP contribution in [0.1, 0.15) is 19.0 Å². The second kappa shape index (κ2) is 8.37. The van der Waals surface area contributed by atoms with Crippen LogP contribution in [0.15, 0.2) is 35.7 Å². The molecular formula is C18H23N3O4S2. The normalized spacial score (nSPS) is 20.0. The van der Waals surface area contributed by atoms with Crippen LogP contribution in [-0.4, -0.2) is 55.9 Å². The topological polar surface area (TPSA) is 88.6 Å². The monoisotopic (exact) mass is 409 g/mol. The van der Waals surface area contributed by atoms with Crippen molar-refractivity contribution in [3.63, 3.8) is 0 Å². The van der Waals surface area contributed by atoms with Crippen LogP contribution in [0.2, 0.25) is 0 Å². The molecule has 0 spiro atoms. The first kappa shape index (κ1) is 19.8. The van der Waals surface area contributed by atoms with Crippen LogP contribution in [0.5, 0.6) is 0 Å². The molecule has 2 heterocycles. The molecule has 1 amide bonds. The largest absolute Gasteiger partial charge is 0.450 e. The molecule has 2 aromatic rings. The van der Waals surface area contributed by atoms with Crippen molar-refractivity contribution in [2.24, 2.45) is 0 Å². The Kier molecular flexibility index (Phi) is 6.13. The predicted octanol–water partition coefficient (Wildman–Crippen LogP) is 2.50. The lowest BCUT2D eigenvalue weighted by atomic mass is 10.1. The minimum atomic E-state index is -3.38. The van der Waals surface area contributed by atoms with Gasteiger partial charge in [-0.1, -0.05) is 30.3 Å². The predicted molar refractivity (Wildman–Crippen MR) is 105 cm³/mol. The van der Waals surface area contributed by atoms with E-state index in [1.54, 1.807) is 11.8 Å². The quantitative estimate of drug-likeness (QED) is 0.792. The van der Waals surface area contributed by atoms with E-state index in [0.717, 1.165) is 22.5 Å². The number of carbonyl (C=O) groups is 1. The number of sulfonamides is 1. The van der Waals surface area contributed by atoms with Gasteiger partial charge < -0.3 is 9.64 Å². The number of carbonyl (C=O) groups excluding carboxylic acids is 1. The molecule has 0 radical (unpaired) electrons. The third kappa shape index (κ3) is 5.06. The highest BCUT2D eigenvalue weighted by atomic mass is 32.2. The maximum Gasteiger partial charge on any atom is 0.410 e. The fourth-order valence-corrected chi connectivity index (χ4v) is 4.94. The number of rotatable bonds is 6.